The second kappa shape index (κ2) is 6.03. The van der Waals surface area contributed by atoms with Gasteiger partial charge in [-0.25, -0.2) is 4.39 Å². The molecule has 0 aliphatic carbocycles. The lowest BCUT2D eigenvalue weighted by molar-refractivity contribution is 0.203. The molecule has 3 heteroatoms. The molecule has 2 aromatic carbocycles. The van der Waals surface area contributed by atoms with Crippen LogP contribution in [-0.2, 0) is 0 Å². The van der Waals surface area contributed by atoms with Gasteiger partial charge < -0.3 is 5.11 Å². The lowest BCUT2D eigenvalue weighted by Crippen LogP contribution is -2.02. The monoisotopic (exact) mass is 262 g/mol. The molecule has 1 unspecified atom stereocenters. The zero-order valence-electron chi connectivity index (χ0n) is 10.1. The van der Waals surface area contributed by atoms with Crippen molar-refractivity contribution >= 4 is 11.8 Å². The molecule has 0 bridgehead atoms. The molecular formula is C15H15FOS. The van der Waals surface area contributed by atoms with E-state index in [-0.39, 0.29) is 5.82 Å². The van der Waals surface area contributed by atoms with Crippen LogP contribution in [0.5, 0.6) is 0 Å². The van der Waals surface area contributed by atoms with Crippen molar-refractivity contribution in [1.29, 1.82) is 0 Å². The van der Waals surface area contributed by atoms with Gasteiger partial charge in [0.25, 0.3) is 0 Å². The molecule has 2 rings (SSSR count). The lowest BCUT2D eigenvalue weighted by Gasteiger charge is -2.13. The summed E-state index contributed by atoms with van der Waals surface area (Å²) in [6.45, 7) is 1.99. The summed E-state index contributed by atoms with van der Waals surface area (Å²) >= 11 is 1.52. The highest BCUT2D eigenvalue weighted by atomic mass is 32.2. The summed E-state index contributed by atoms with van der Waals surface area (Å²) in [6, 6.07) is 14.1. The molecule has 1 atom stereocenters. The van der Waals surface area contributed by atoms with Gasteiger partial charge in [0.15, 0.2) is 0 Å². The molecule has 0 saturated heterocycles. The van der Waals surface area contributed by atoms with Gasteiger partial charge in [-0.2, -0.15) is 0 Å². The summed E-state index contributed by atoms with van der Waals surface area (Å²) in [5.74, 6) is 0.329. The summed E-state index contributed by atoms with van der Waals surface area (Å²) < 4.78 is 12.7. The molecule has 0 spiro atoms. The first-order valence-corrected chi connectivity index (χ1v) is 6.77. The van der Waals surface area contributed by atoms with Crippen LogP contribution in [0.3, 0.4) is 0 Å². The van der Waals surface area contributed by atoms with Gasteiger partial charge in [-0.05, 0) is 42.3 Å². The molecule has 0 aliphatic rings. The van der Waals surface area contributed by atoms with Crippen LogP contribution in [0, 0.1) is 12.7 Å². The zero-order valence-corrected chi connectivity index (χ0v) is 11.0. The average Bonchev–Trinajstić information content (AvgIpc) is 2.38. The van der Waals surface area contributed by atoms with Crippen molar-refractivity contribution in [2.75, 3.05) is 5.75 Å². The number of rotatable bonds is 4. The molecule has 0 fully saturated rings. The third-order valence-corrected chi connectivity index (χ3v) is 3.86. The molecule has 1 N–H and O–H groups in total. The molecule has 0 aliphatic heterocycles. The summed E-state index contributed by atoms with van der Waals surface area (Å²) in [6.07, 6.45) is -0.499. The Labute approximate surface area is 111 Å². The van der Waals surface area contributed by atoms with Gasteiger partial charge in [0.2, 0.25) is 0 Å². The van der Waals surface area contributed by atoms with Crippen LogP contribution in [0.1, 0.15) is 17.2 Å². The van der Waals surface area contributed by atoms with Gasteiger partial charge in [0.05, 0.1) is 6.10 Å². The maximum absolute atomic E-state index is 12.7. The Balaban J connectivity index is 1.98. The van der Waals surface area contributed by atoms with E-state index < -0.39 is 6.10 Å². The van der Waals surface area contributed by atoms with Crippen molar-refractivity contribution in [3.8, 4) is 0 Å². The maximum atomic E-state index is 12.7. The molecule has 2 aromatic rings. The molecule has 0 heterocycles. The standard InChI is InChI=1S/C15H15FOS/c1-11-4-2-3-5-14(11)15(17)10-18-13-8-6-12(16)7-9-13/h2-9,15,17H,10H2,1H3. The minimum atomic E-state index is -0.499. The minimum absolute atomic E-state index is 0.237. The summed E-state index contributed by atoms with van der Waals surface area (Å²) in [5.41, 5.74) is 2.04. The number of hydrogen-bond acceptors (Lipinski definition) is 2. The van der Waals surface area contributed by atoms with E-state index in [1.807, 2.05) is 31.2 Å². The van der Waals surface area contributed by atoms with E-state index >= 15 is 0 Å². The predicted octanol–water partition coefficient (Wildman–Crippen LogP) is 3.96. The number of thioether (sulfide) groups is 1. The van der Waals surface area contributed by atoms with Crippen molar-refractivity contribution in [3.63, 3.8) is 0 Å². The molecule has 0 saturated carbocycles. The van der Waals surface area contributed by atoms with E-state index in [0.717, 1.165) is 16.0 Å². The maximum Gasteiger partial charge on any atom is 0.123 e. The number of hydrogen-bond donors (Lipinski definition) is 1. The number of aliphatic hydroxyl groups excluding tert-OH is 1. The van der Waals surface area contributed by atoms with E-state index in [1.54, 1.807) is 12.1 Å². The average molecular weight is 262 g/mol. The van der Waals surface area contributed by atoms with Crippen LogP contribution in [0.2, 0.25) is 0 Å². The van der Waals surface area contributed by atoms with Crippen LogP contribution in [0.4, 0.5) is 4.39 Å². The van der Waals surface area contributed by atoms with E-state index in [1.165, 1.54) is 23.9 Å². The normalized spacial score (nSPS) is 12.4. The zero-order chi connectivity index (χ0) is 13.0. The second-order valence-corrected chi connectivity index (χ2v) is 5.23. The van der Waals surface area contributed by atoms with Crippen LogP contribution in [0.25, 0.3) is 0 Å². The highest BCUT2D eigenvalue weighted by molar-refractivity contribution is 7.99. The Hall–Kier alpha value is -1.32. The van der Waals surface area contributed by atoms with Crippen LogP contribution in [-0.4, -0.2) is 10.9 Å². The lowest BCUT2D eigenvalue weighted by atomic mass is 10.1. The van der Waals surface area contributed by atoms with Crippen molar-refractivity contribution < 1.29 is 9.50 Å². The Bertz CT molecular complexity index is 510. The predicted molar refractivity (Wildman–Crippen MR) is 73.3 cm³/mol. The summed E-state index contributed by atoms with van der Waals surface area (Å²) in [5, 5.41) is 10.1. The first-order valence-electron chi connectivity index (χ1n) is 5.79. The molecule has 0 aromatic heterocycles. The topological polar surface area (TPSA) is 20.2 Å². The highest BCUT2D eigenvalue weighted by Gasteiger charge is 2.10. The smallest absolute Gasteiger partial charge is 0.123 e. The number of halogens is 1. The summed E-state index contributed by atoms with van der Waals surface area (Å²) in [7, 11) is 0. The molecule has 18 heavy (non-hydrogen) atoms. The summed E-state index contributed by atoms with van der Waals surface area (Å²) in [4.78, 5) is 0.962. The highest BCUT2D eigenvalue weighted by Crippen LogP contribution is 2.26. The minimum Gasteiger partial charge on any atom is -0.388 e. The fraction of sp³-hybridized carbons (Fsp3) is 0.200. The van der Waals surface area contributed by atoms with E-state index in [9.17, 15) is 9.50 Å². The van der Waals surface area contributed by atoms with Crippen LogP contribution >= 0.6 is 11.8 Å². The van der Waals surface area contributed by atoms with E-state index in [2.05, 4.69) is 0 Å². The first kappa shape index (κ1) is 13.1. The van der Waals surface area contributed by atoms with Crippen molar-refractivity contribution in [1.82, 2.24) is 0 Å². The van der Waals surface area contributed by atoms with Gasteiger partial charge in [-0.3, -0.25) is 0 Å². The van der Waals surface area contributed by atoms with Gasteiger partial charge in [0, 0.05) is 10.6 Å². The molecule has 94 valence electrons. The van der Waals surface area contributed by atoms with E-state index in [4.69, 9.17) is 0 Å². The van der Waals surface area contributed by atoms with Crippen molar-refractivity contribution in [2.24, 2.45) is 0 Å². The van der Waals surface area contributed by atoms with Crippen LogP contribution < -0.4 is 0 Å². The number of aliphatic hydroxyl groups is 1. The fourth-order valence-electron chi connectivity index (χ4n) is 1.76. The van der Waals surface area contributed by atoms with Gasteiger partial charge in [-0.1, -0.05) is 24.3 Å². The largest absolute Gasteiger partial charge is 0.388 e. The van der Waals surface area contributed by atoms with Crippen LogP contribution in [0.15, 0.2) is 53.4 Å². The number of benzene rings is 2. The Kier molecular flexibility index (Phi) is 4.39. The van der Waals surface area contributed by atoms with Gasteiger partial charge >= 0.3 is 0 Å². The Morgan fingerprint density at radius 2 is 1.78 bits per heavy atom. The quantitative estimate of drug-likeness (QED) is 0.842. The molecular weight excluding hydrogens is 247 g/mol. The van der Waals surface area contributed by atoms with Crippen molar-refractivity contribution in [3.05, 3.63) is 65.5 Å². The SMILES string of the molecule is Cc1ccccc1C(O)CSc1ccc(F)cc1. The molecule has 0 amide bonds. The molecule has 0 radical (unpaired) electrons. The second-order valence-electron chi connectivity index (χ2n) is 4.14. The Morgan fingerprint density at radius 3 is 2.44 bits per heavy atom. The first-order chi connectivity index (χ1) is 8.66. The van der Waals surface area contributed by atoms with Crippen molar-refractivity contribution in [2.45, 2.75) is 17.9 Å². The number of aryl methyl sites for hydroxylation is 1. The van der Waals surface area contributed by atoms with Gasteiger partial charge in [-0.15, -0.1) is 11.8 Å². The molecule has 1 nitrogen and oxygen atoms in total. The fourth-order valence-corrected chi connectivity index (χ4v) is 2.61. The van der Waals surface area contributed by atoms with E-state index in [0.29, 0.717) is 5.75 Å². The Morgan fingerprint density at radius 1 is 1.11 bits per heavy atom. The third-order valence-electron chi connectivity index (χ3n) is 2.77. The third kappa shape index (κ3) is 3.34. The van der Waals surface area contributed by atoms with Gasteiger partial charge in [0.1, 0.15) is 5.82 Å².